The Kier molecular flexibility index (Phi) is 7.38. The number of aliphatic hydroxyl groups is 1. The maximum absolute atomic E-state index is 9.79. The van der Waals surface area contributed by atoms with Gasteiger partial charge in [-0.2, -0.15) is 0 Å². The summed E-state index contributed by atoms with van der Waals surface area (Å²) in [5, 5.41) is 9.79. The fraction of sp³-hybridized carbons (Fsp3) is 0.500. The summed E-state index contributed by atoms with van der Waals surface area (Å²) in [6.45, 7) is 6.40. The molecular weight excluding hydrogens is 224 g/mol. The van der Waals surface area contributed by atoms with E-state index in [1.807, 2.05) is 18.2 Å². The summed E-state index contributed by atoms with van der Waals surface area (Å²) in [7, 11) is 0. The van der Waals surface area contributed by atoms with Crippen molar-refractivity contribution in [2.75, 3.05) is 0 Å². The van der Waals surface area contributed by atoms with Gasteiger partial charge in [-0.15, -0.1) is 6.58 Å². The van der Waals surface area contributed by atoms with Crippen molar-refractivity contribution < 1.29 is 9.84 Å². The van der Waals surface area contributed by atoms with Gasteiger partial charge in [-0.3, -0.25) is 0 Å². The van der Waals surface area contributed by atoms with E-state index in [-0.39, 0.29) is 12.2 Å². The lowest BCUT2D eigenvalue weighted by Crippen LogP contribution is -2.20. The van der Waals surface area contributed by atoms with Crippen LogP contribution in [0.2, 0.25) is 0 Å². The molecule has 1 aromatic rings. The van der Waals surface area contributed by atoms with Gasteiger partial charge in [-0.1, -0.05) is 49.8 Å². The number of hydrogen-bond acceptors (Lipinski definition) is 2. The van der Waals surface area contributed by atoms with Gasteiger partial charge in [-0.25, -0.2) is 0 Å². The maximum atomic E-state index is 9.79. The summed E-state index contributed by atoms with van der Waals surface area (Å²) in [6.07, 6.45) is 4.92. The predicted molar refractivity (Wildman–Crippen MR) is 75.4 cm³/mol. The molecule has 0 saturated carbocycles. The van der Waals surface area contributed by atoms with Crippen molar-refractivity contribution in [3.63, 3.8) is 0 Å². The molecule has 1 N–H and O–H groups in total. The van der Waals surface area contributed by atoms with Gasteiger partial charge >= 0.3 is 0 Å². The highest BCUT2D eigenvalue weighted by molar-refractivity contribution is 5.13. The van der Waals surface area contributed by atoms with Crippen molar-refractivity contribution >= 4 is 0 Å². The SMILES string of the molecule is C=CC[C@@H](O)C[C@@H](CCC)OCc1ccccc1. The molecule has 0 aliphatic heterocycles. The lowest BCUT2D eigenvalue weighted by molar-refractivity contribution is -0.000203. The van der Waals surface area contributed by atoms with Crippen LogP contribution < -0.4 is 0 Å². The fourth-order valence-electron chi connectivity index (χ4n) is 1.97. The van der Waals surface area contributed by atoms with E-state index in [2.05, 4.69) is 25.6 Å². The smallest absolute Gasteiger partial charge is 0.0720 e. The van der Waals surface area contributed by atoms with E-state index in [0.717, 1.165) is 12.8 Å². The molecule has 2 atom stereocenters. The molecule has 0 aromatic heterocycles. The van der Waals surface area contributed by atoms with Crippen LogP contribution in [0.5, 0.6) is 0 Å². The zero-order valence-corrected chi connectivity index (χ0v) is 11.2. The minimum Gasteiger partial charge on any atom is -0.393 e. The Balaban J connectivity index is 2.39. The van der Waals surface area contributed by atoms with Crippen LogP contribution in [0.1, 0.15) is 38.2 Å². The fourth-order valence-corrected chi connectivity index (χ4v) is 1.97. The third-order valence-electron chi connectivity index (χ3n) is 2.91. The molecule has 1 aromatic carbocycles. The molecule has 0 amide bonds. The van der Waals surface area contributed by atoms with E-state index in [1.54, 1.807) is 6.08 Å². The normalized spacial score (nSPS) is 14.1. The lowest BCUT2D eigenvalue weighted by atomic mass is 10.0. The van der Waals surface area contributed by atoms with E-state index in [9.17, 15) is 5.11 Å². The van der Waals surface area contributed by atoms with E-state index >= 15 is 0 Å². The molecule has 0 aliphatic rings. The molecule has 100 valence electrons. The number of rotatable bonds is 9. The number of aliphatic hydroxyl groups excluding tert-OH is 1. The van der Waals surface area contributed by atoms with Crippen molar-refractivity contribution in [1.29, 1.82) is 0 Å². The van der Waals surface area contributed by atoms with Gasteiger partial charge in [0.1, 0.15) is 0 Å². The van der Waals surface area contributed by atoms with Gasteiger partial charge in [0.2, 0.25) is 0 Å². The third kappa shape index (κ3) is 5.99. The molecule has 0 aliphatic carbocycles. The highest BCUT2D eigenvalue weighted by Gasteiger charge is 2.13. The third-order valence-corrected chi connectivity index (χ3v) is 2.91. The molecule has 2 heteroatoms. The van der Waals surface area contributed by atoms with Gasteiger partial charge < -0.3 is 9.84 Å². The van der Waals surface area contributed by atoms with E-state index in [0.29, 0.717) is 19.4 Å². The van der Waals surface area contributed by atoms with Gasteiger partial charge in [0.25, 0.3) is 0 Å². The highest BCUT2D eigenvalue weighted by Crippen LogP contribution is 2.14. The molecule has 0 radical (unpaired) electrons. The first kappa shape index (κ1) is 14.9. The quantitative estimate of drug-likeness (QED) is 0.675. The van der Waals surface area contributed by atoms with Crippen molar-refractivity contribution in [3.05, 3.63) is 48.6 Å². The number of benzene rings is 1. The highest BCUT2D eigenvalue weighted by atomic mass is 16.5. The summed E-state index contributed by atoms with van der Waals surface area (Å²) in [4.78, 5) is 0. The molecule has 0 heterocycles. The minimum atomic E-state index is -0.338. The minimum absolute atomic E-state index is 0.130. The summed E-state index contributed by atoms with van der Waals surface area (Å²) in [6, 6.07) is 10.1. The standard InChI is InChI=1S/C16H24O2/c1-3-8-15(17)12-16(9-4-2)18-13-14-10-6-5-7-11-14/h3,5-7,10-11,15-17H,1,4,8-9,12-13H2,2H3/t15-,16-/m1/s1. The second kappa shape index (κ2) is 8.90. The van der Waals surface area contributed by atoms with Crippen LogP contribution in [0.15, 0.2) is 43.0 Å². The van der Waals surface area contributed by atoms with Crippen LogP contribution in [0.3, 0.4) is 0 Å². The molecule has 0 saturated heterocycles. The molecule has 2 nitrogen and oxygen atoms in total. The summed E-state index contributed by atoms with van der Waals surface area (Å²) in [5.74, 6) is 0. The molecule has 0 spiro atoms. The zero-order chi connectivity index (χ0) is 13.2. The first-order chi connectivity index (χ1) is 8.76. The topological polar surface area (TPSA) is 29.5 Å². The number of hydrogen-bond donors (Lipinski definition) is 1. The van der Waals surface area contributed by atoms with Crippen LogP contribution in [0.25, 0.3) is 0 Å². The average molecular weight is 248 g/mol. The Bertz CT molecular complexity index is 321. The Hall–Kier alpha value is -1.12. The van der Waals surface area contributed by atoms with Crippen molar-refractivity contribution in [2.45, 2.75) is 51.4 Å². The van der Waals surface area contributed by atoms with Gasteiger partial charge in [0.05, 0.1) is 18.8 Å². The molecule has 0 bridgehead atoms. The van der Waals surface area contributed by atoms with E-state index < -0.39 is 0 Å². The summed E-state index contributed by atoms with van der Waals surface area (Å²) < 4.78 is 5.89. The monoisotopic (exact) mass is 248 g/mol. The molecule has 0 unspecified atom stereocenters. The second-order valence-corrected chi connectivity index (χ2v) is 4.62. The van der Waals surface area contributed by atoms with Crippen molar-refractivity contribution in [1.82, 2.24) is 0 Å². The van der Waals surface area contributed by atoms with Crippen LogP contribution in [-0.2, 0) is 11.3 Å². The Labute approximate surface area is 110 Å². The summed E-state index contributed by atoms with van der Waals surface area (Å²) in [5.41, 5.74) is 1.18. The van der Waals surface area contributed by atoms with Crippen molar-refractivity contribution in [3.8, 4) is 0 Å². The van der Waals surface area contributed by atoms with Crippen molar-refractivity contribution in [2.24, 2.45) is 0 Å². The maximum Gasteiger partial charge on any atom is 0.0720 e. The van der Waals surface area contributed by atoms with Crippen LogP contribution in [0.4, 0.5) is 0 Å². The lowest BCUT2D eigenvalue weighted by Gasteiger charge is -2.20. The Morgan fingerprint density at radius 1 is 1.33 bits per heavy atom. The molecule has 0 fully saturated rings. The van der Waals surface area contributed by atoms with Gasteiger partial charge in [0, 0.05) is 0 Å². The Morgan fingerprint density at radius 2 is 2.06 bits per heavy atom. The van der Waals surface area contributed by atoms with Crippen LogP contribution in [0, 0.1) is 0 Å². The first-order valence-electron chi connectivity index (χ1n) is 6.70. The molecule has 18 heavy (non-hydrogen) atoms. The average Bonchev–Trinajstić information content (AvgIpc) is 2.38. The second-order valence-electron chi connectivity index (χ2n) is 4.62. The Morgan fingerprint density at radius 3 is 2.67 bits per heavy atom. The number of ether oxygens (including phenoxy) is 1. The molecule has 1 rings (SSSR count). The van der Waals surface area contributed by atoms with Gasteiger partial charge in [0.15, 0.2) is 0 Å². The summed E-state index contributed by atoms with van der Waals surface area (Å²) >= 11 is 0. The van der Waals surface area contributed by atoms with Crippen LogP contribution in [-0.4, -0.2) is 17.3 Å². The largest absolute Gasteiger partial charge is 0.393 e. The van der Waals surface area contributed by atoms with E-state index in [4.69, 9.17) is 4.74 Å². The zero-order valence-electron chi connectivity index (χ0n) is 11.2. The molecular formula is C16H24O2. The predicted octanol–water partition coefficient (Wildman–Crippen LogP) is 3.70. The first-order valence-corrected chi connectivity index (χ1v) is 6.70. The van der Waals surface area contributed by atoms with Gasteiger partial charge in [-0.05, 0) is 24.8 Å². The van der Waals surface area contributed by atoms with E-state index in [1.165, 1.54) is 5.56 Å². The van der Waals surface area contributed by atoms with Crippen LogP contribution >= 0.6 is 0 Å².